The zero-order valence-corrected chi connectivity index (χ0v) is 15.4. The van der Waals surface area contributed by atoms with Crippen LogP contribution in [-0.2, 0) is 19.4 Å². The molecule has 27 heavy (non-hydrogen) atoms. The van der Waals surface area contributed by atoms with Crippen molar-refractivity contribution in [3.05, 3.63) is 86.7 Å². The van der Waals surface area contributed by atoms with Gasteiger partial charge in [-0.1, -0.05) is 54.1 Å². The first-order valence-electron chi connectivity index (χ1n) is 9.08. The zero-order chi connectivity index (χ0) is 18.4. The molecule has 0 amide bonds. The van der Waals surface area contributed by atoms with Crippen molar-refractivity contribution in [2.24, 2.45) is 0 Å². The van der Waals surface area contributed by atoms with Gasteiger partial charge in [0.2, 0.25) is 0 Å². The lowest BCUT2D eigenvalue weighted by Gasteiger charge is -2.12. The summed E-state index contributed by atoms with van der Waals surface area (Å²) in [4.78, 5) is 12.2. The molecule has 3 aromatic carbocycles. The second kappa shape index (κ2) is 6.43. The lowest BCUT2D eigenvalue weighted by molar-refractivity contribution is 0.308. The van der Waals surface area contributed by atoms with Gasteiger partial charge in [0, 0.05) is 17.0 Å². The third kappa shape index (κ3) is 2.79. The van der Waals surface area contributed by atoms with Gasteiger partial charge in [-0.15, -0.1) is 0 Å². The van der Waals surface area contributed by atoms with Gasteiger partial charge in [-0.3, -0.25) is 0 Å². The molecule has 0 saturated carbocycles. The topological polar surface area (TPSA) is 39.4 Å². The number of rotatable bonds is 3. The minimum atomic E-state index is -0.239. The Labute approximate surface area is 161 Å². The average Bonchev–Trinajstić information content (AvgIpc) is 3.18. The molecule has 1 aliphatic carbocycles. The van der Waals surface area contributed by atoms with Gasteiger partial charge in [0.25, 0.3) is 0 Å². The van der Waals surface area contributed by atoms with Gasteiger partial charge in [-0.2, -0.15) is 0 Å². The SMILES string of the molecule is O=c1oc2cc(OCc3cccc4ccccc34)c(Cl)cc2c2c1CCC2. The Bertz CT molecular complexity index is 1230. The van der Waals surface area contributed by atoms with Crippen molar-refractivity contribution >= 4 is 33.3 Å². The smallest absolute Gasteiger partial charge is 0.339 e. The van der Waals surface area contributed by atoms with Crippen LogP contribution in [0.2, 0.25) is 5.02 Å². The first-order valence-corrected chi connectivity index (χ1v) is 9.46. The monoisotopic (exact) mass is 376 g/mol. The van der Waals surface area contributed by atoms with Crippen molar-refractivity contribution in [1.82, 2.24) is 0 Å². The lowest BCUT2D eigenvalue weighted by Crippen LogP contribution is -2.07. The highest BCUT2D eigenvalue weighted by Gasteiger charge is 2.21. The quantitative estimate of drug-likeness (QED) is 0.432. The number of halogens is 1. The molecular weight excluding hydrogens is 360 g/mol. The van der Waals surface area contributed by atoms with Crippen LogP contribution >= 0.6 is 11.6 Å². The molecule has 0 bridgehead atoms. The zero-order valence-electron chi connectivity index (χ0n) is 14.6. The number of hydrogen-bond acceptors (Lipinski definition) is 3. The largest absolute Gasteiger partial charge is 0.487 e. The summed E-state index contributed by atoms with van der Waals surface area (Å²) in [7, 11) is 0. The van der Waals surface area contributed by atoms with Crippen molar-refractivity contribution in [3.63, 3.8) is 0 Å². The Morgan fingerprint density at radius 2 is 1.78 bits per heavy atom. The Morgan fingerprint density at radius 1 is 0.963 bits per heavy atom. The number of fused-ring (bicyclic) bond motifs is 4. The summed E-state index contributed by atoms with van der Waals surface area (Å²) in [6, 6.07) is 17.9. The molecule has 5 rings (SSSR count). The molecule has 1 aliphatic rings. The van der Waals surface area contributed by atoms with Crippen LogP contribution < -0.4 is 10.4 Å². The molecule has 0 fully saturated rings. The van der Waals surface area contributed by atoms with Crippen LogP contribution in [0.3, 0.4) is 0 Å². The maximum Gasteiger partial charge on any atom is 0.339 e. The van der Waals surface area contributed by atoms with Crippen LogP contribution in [0.25, 0.3) is 21.7 Å². The molecule has 134 valence electrons. The van der Waals surface area contributed by atoms with E-state index in [1.54, 1.807) is 6.07 Å². The summed E-state index contributed by atoms with van der Waals surface area (Å²) in [5.41, 5.74) is 3.25. The second-order valence-corrected chi connectivity index (χ2v) is 7.31. The van der Waals surface area contributed by atoms with Crippen LogP contribution in [0, 0.1) is 0 Å². The summed E-state index contributed by atoms with van der Waals surface area (Å²) in [5, 5.41) is 3.78. The second-order valence-electron chi connectivity index (χ2n) is 6.91. The fraction of sp³-hybridized carbons (Fsp3) is 0.174. The molecule has 0 aliphatic heterocycles. The highest BCUT2D eigenvalue weighted by atomic mass is 35.5. The maximum atomic E-state index is 12.2. The van der Waals surface area contributed by atoms with E-state index < -0.39 is 0 Å². The molecule has 0 spiro atoms. The number of hydrogen-bond donors (Lipinski definition) is 0. The van der Waals surface area contributed by atoms with Crippen LogP contribution in [0.4, 0.5) is 0 Å². The van der Waals surface area contributed by atoms with Crippen LogP contribution in [0.15, 0.2) is 63.8 Å². The van der Waals surface area contributed by atoms with E-state index in [2.05, 4.69) is 18.2 Å². The number of ether oxygens (including phenoxy) is 1. The summed E-state index contributed by atoms with van der Waals surface area (Å²) in [5.74, 6) is 0.526. The molecule has 0 saturated heterocycles. The first kappa shape index (κ1) is 16.4. The summed E-state index contributed by atoms with van der Waals surface area (Å²) >= 11 is 6.48. The van der Waals surface area contributed by atoms with E-state index in [4.69, 9.17) is 20.8 Å². The minimum absolute atomic E-state index is 0.239. The summed E-state index contributed by atoms with van der Waals surface area (Å²) < 4.78 is 11.5. The fourth-order valence-electron chi connectivity index (χ4n) is 3.97. The predicted molar refractivity (Wildman–Crippen MR) is 108 cm³/mol. The van der Waals surface area contributed by atoms with Crippen molar-refractivity contribution in [2.75, 3.05) is 0 Å². The molecule has 3 nitrogen and oxygen atoms in total. The molecular formula is C23H17ClO3. The van der Waals surface area contributed by atoms with Gasteiger partial charge in [0.15, 0.2) is 0 Å². The van der Waals surface area contributed by atoms with E-state index in [1.165, 1.54) is 5.39 Å². The highest BCUT2D eigenvalue weighted by Crippen LogP contribution is 2.35. The van der Waals surface area contributed by atoms with Crippen LogP contribution in [0.5, 0.6) is 5.75 Å². The van der Waals surface area contributed by atoms with Gasteiger partial charge in [-0.25, -0.2) is 4.79 Å². The van der Waals surface area contributed by atoms with E-state index in [0.29, 0.717) is 23.0 Å². The molecule has 1 heterocycles. The third-order valence-corrected chi connectivity index (χ3v) is 5.58. The van der Waals surface area contributed by atoms with Crippen LogP contribution in [0.1, 0.15) is 23.1 Å². The maximum absolute atomic E-state index is 12.2. The molecule has 4 heteroatoms. The van der Waals surface area contributed by atoms with Crippen molar-refractivity contribution < 1.29 is 9.15 Å². The van der Waals surface area contributed by atoms with E-state index >= 15 is 0 Å². The Hall–Kier alpha value is -2.78. The van der Waals surface area contributed by atoms with E-state index in [0.717, 1.165) is 46.7 Å². The summed E-state index contributed by atoms with van der Waals surface area (Å²) in [6.07, 6.45) is 2.66. The van der Waals surface area contributed by atoms with Gasteiger partial charge in [0.1, 0.15) is 17.9 Å². The van der Waals surface area contributed by atoms with Crippen molar-refractivity contribution in [2.45, 2.75) is 25.9 Å². The normalized spacial score (nSPS) is 13.2. The molecule has 0 N–H and O–H groups in total. The molecule has 0 atom stereocenters. The Morgan fingerprint density at radius 3 is 2.70 bits per heavy atom. The van der Waals surface area contributed by atoms with Gasteiger partial charge < -0.3 is 9.15 Å². The minimum Gasteiger partial charge on any atom is -0.487 e. The molecule has 4 aromatic rings. The Balaban J connectivity index is 1.53. The van der Waals surface area contributed by atoms with Crippen molar-refractivity contribution in [3.8, 4) is 5.75 Å². The van der Waals surface area contributed by atoms with Gasteiger partial charge >= 0.3 is 5.63 Å². The number of benzene rings is 3. The Kier molecular flexibility index (Phi) is 3.91. The van der Waals surface area contributed by atoms with E-state index in [1.807, 2.05) is 30.3 Å². The fourth-order valence-corrected chi connectivity index (χ4v) is 4.19. The summed E-state index contributed by atoms with van der Waals surface area (Å²) in [6.45, 7) is 0.391. The number of aryl methyl sites for hydroxylation is 1. The van der Waals surface area contributed by atoms with Gasteiger partial charge in [-0.05, 0) is 47.2 Å². The first-order chi connectivity index (χ1) is 13.2. The van der Waals surface area contributed by atoms with Gasteiger partial charge in [0.05, 0.1) is 5.02 Å². The molecule has 0 radical (unpaired) electrons. The van der Waals surface area contributed by atoms with E-state index in [9.17, 15) is 4.79 Å². The standard InChI is InChI=1S/C23H17ClO3/c24-20-11-19-17-9-4-10-18(17)23(25)27-21(19)12-22(20)26-13-15-7-3-6-14-5-1-2-8-16(14)15/h1-3,5-8,11-12H,4,9-10,13H2. The van der Waals surface area contributed by atoms with Crippen molar-refractivity contribution in [1.29, 1.82) is 0 Å². The average molecular weight is 377 g/mol. The van der Waals surface area contributed by atoms with E-state index in [-0.39, 0.29) is 5.63 Å². The van der Waals surface area contributed by atoms with Crippen LogP contribution in [-0.4, -0.2) is 0 Å². The predicted octanol–water partition coefficient (Wildman–Crippen LogP) is 5.67. The third-order valence-electron chi connectivity index (χ3n) is 5.29. The highest BCUT2D eigenvalue weighted by molar-refractivity contribution is 6.32. The lowest BCUT2D eigenvalue weighted by atomic mass is 10.1. The molecule has 0 unspecified atom stereocenters. The molecule has 1 aromatic heterocycles.